The highest BCUT2D eigenvalue weighted by Crippen LogP contribution is 2.19. The second kappa shape index (κ2) is 7.04. The lowest BCUT2D eigenvalue weighted by molar-refractivity contribution is 0.504. The van der Waals surface area contributed by atoms with Gasteiger partial charge in [0.05, 0.1) is 5.69 Å². The number of likely N-dealkylation sites (N-methyl/N-ethyl adjacent to an activating group) is 1. The molecular weight excluding hydrogens is 314 g/mol. The van der Waals surface area contributed by atoms with Crippen LogP contribution in [0.1, 0.15) is 23.9 Å². The molecule has 3 nitrogen and oxygen atoms in total. The number of benzene rings is 1. The van der Waals surface area contributed by atoms with Gasteiger partial charge in [-0.3, -0.25) is 4.68 Å². The maximum Gasteiger partial charge on any atom is 0.0596 e. The van der Waals surface area contributed by atoms with Crippen LogP contribution >= 0.6 is 15.9 Å². The van der Waals surface area contributed by atoms with Crippen LogP contribution < -0.4 is 5.32 Å². The second-order valence-corrected chi connectivity index (χ2v) is 6.01. The van der Waals surface area contributed by atoms with E-state index in [9.17, 15) is 0 Å². The highest BCUT2D eigenvalue weighted by atomic mass is 79.9. The van der Waals surface area contributed by atoms with Crippen molar-refractivity contribution in [3.8, 4) is 0 Å². The molecule has 4 heteroatoms. The van der Waals surface area contributed by atoms with Crippen molar-refractivity contribution < 1.29 is 0 Å². The summed E-state index contributed by atoms with van der Waals surface area (Å²) in [4.78, 5) is 0. The van der Waals surface area contributed by atoms with E-state index in [-0.39, 0.29) is 0 Å². The molecule has 0 bridgehead atoms. The maximum absolute atomic E-state index is 4.43. The molecule has 20 heavy (non-hydrogen) atoms. The topological polar surface area (TPSA) is 29.9 Å². The van der Waals surface area contributed by atoms with Gasteiger partial charge in [-0.15, -0.1) is 0 Å². The zero-order valence-electron chi connectivity index (χ0n) is 12.4. The Hall–Kier alpha value is -1.13. The van der Waals surface area contributed by atoms with Gasteiger partial charge in [0.2, 0.25) is 0 Å². The molecule has 0 spiro atoms. The largest absolute Gasteiger partial charge is 0.314 e. The zero-order chi connectivity index (χ0) is 14.5. The van der Waals surface area contributed by atoms with Crippen molar-refractivity contribution >= 4 is 15.9 Å². The summed E-state index contributed by atoms with van der Waals surface area (Å²) in [6, 6.07) is 11.0. The average molecular weight is 336 g/mol. The fourth-order valence-corrected chi connectivity index (χ4v) is 2.99. The molecule has 2 rings (SSSR count). The number of hydrogen-bond acceptors (Lipinski definition) is 2. The Morgan fingerprint density at radius 1 is 1.30 bits per heavy atom. The van der Waals surface area contributed by atoms with E-state index in [0.717, 1.165) is 25.1 Å². The summed E-state index contributed by atoms with van der Waals surface area (Å²) in [6.07, 6.45) is 2.01. The van der Waals surface area contributed by atoms with Gasteiger partial charge in [0.1, 0.15) is 0 Å². The van der Waals surface area contributed by atoms with Crippen molar-refractivity contribution in [2.45, 2.75) is 32.7 Å². The number of halogens is 1. The van der Waals surface area contributed by atoms with Crippen LogP contribution in [-0.4, -0.2) is 22.4 Å². The fourth-order valence-electron chi connectivity index (χ4n) is 2.54. The van der Waals surface area contributed by atoms with Gasteiger partial charge in [-0.05, 0) is 37.6 Å². The fraction of sp³-hybridized carbons (Fsp3) is 0.438. The molecule has 0 amide bonds. The Labute approximate surface area is 129 Å². The van der Waals surface area contributed by atoms with Crippen molar-refractivity contribution in [1.82, 2.24) is 15.1 Å². The molecule has 1 aromatic heterocycles. The smallest absolute Gasteiger partial charge is 0.0596 e. The molecule has 0 radical (unpaired) electrons. The monoisotopic (exact) mass is 335 g/mol. The summed E-state index contributed by atoms with van der Waals surface area (Å²) < 4.78 is 3.17. The Balaban J connectivity index is 2.11. The van der Waals surface area contributed by atoms with E-state index in [0.29, 0.717) is 6.04 Å². The Bertz CT molecular complexity index is 563. The predicted molar refractivity (Wildman–Crippen MR) is 87.0 cm³/mol. The van der Waals surface area contributed by atoms with Gasteiger partial charge in [-0.2, -0.15) is 5.10 Å². The van der Waals surface area contributed by atoms with Crippen molar-refractivity contribution in [3.63, 3.8) is 0 Å². The first-order valence-corrected chi connectivity index (χ1v) is 7.85. The molecule has 1 unspecified atom stereocenters. The van der Waals surface area contributed by atoms with Gasteiger partial charge in [0, 0.05) is 29.7 Å². The van der Waals surface area contributed by atoms with Crippen LogP contribution in [0.4, 0.5) is 0 Å². The average Bonchev–Trinajstić information content (AvgIpc) is 2.71. The maximum atomic E-state index is 4.43. The van der Waals surface area contributed by atoms with Crippen LogP contribution in [0.25, 0.3) is 0 Å². The molecule has 0 aliphatic carbocycles. The van der Waals surface area contributed by atoms with Crippen molar-refractivity contribution in [3.05, 3.63) is 51.8 Å². The third kappa shape index (κ3) is 3.93. The SMILES string of the molecule is CCNC(Cc1ccccc1Br)Cc1cc(C)nn1C. The highest BCUT2D eigenvalue weighted by molar-refractivity contribution is 9.10. The Kier molecular flexibility index (Phi) is 5.38. The third-order valence-electron chi connectivity index (χ3n) is 3.47. The summed E-state index contributed by atoms with van der Waals surface area (Å²) in [6.45, 7) is 5.17. The molecule has 0 aliphatic rings. The molecule has 1 aromatic carbocycles. The first kappa shape index (κ1) is 15.3. The number of hydrogen-bond donors (Lipinski definition) is 1. The molecule has 0 saturated heterocycles. The van der Waals surface area contributed by atoms with Crippen molar-refractivity contribution in [2.24, 2.45) is 7.05 Å². The number of rotatable bonds is 6. The van der Waals surface area contributed by atoms with E-state index < -0.39 is 0 Å². The van der Waals surface area contributed by atoms with E-state index in [4.69, 9.17) is 0 Å². The van der Waals surface area contributed by atoms with Crippen LogP contribution in [0.2, 0.25) is 0 Å². The molecule has 0 fully saturated rings. The van der Waals surface area contributed by atoms with Crippen LogP contribution in [0.15, 0.2) is 34.8 Å². The van der Waals surface area contributed by atoms with Crippen molar-refractivity contribution in [1.29, 1.82) is 0 Å². The first-order valence-electron chi connectivity index (χ1n) is 7.06. The van der Waals surface area contributed by atoms with E-state index in [1.54, 1.807) is 0 Å². The van der Waals surface area contributed by atoms with Gasteiger partial charge in [0.25, 0.3) is 0 Å². The van der Waals surface area contributed by atoms with Gasteiger partial charge in [-0.25, -0.2) is 0 Å². The minimum absolute atomic E-state index is 0.425. The normalized spacial score (nSPS) is 12.6. The van der Waals surface area contributed by atoms with E-state index in [1.807, 2.05) is 18.7 Å². The molecule has 1 N–H and O–H groups in total. The summed E-state index contributed by atoms with van der Waals surface area (Å²) in [5.41, 5.74) is 3.71. The number of aromatic nitrogens is 2. The standard InChI is InChI=1S/C16H22BrN3/c1-4-18-14(10-13-7-5-6-8-16(13)17)11-15-9-12(2)19-20(15)3/h5-9,14,18H,4,10-11H2,1-3H3. The minimum Gasteiger partial charge on any atom is -0.314 e. The summed E-state index contributed by atoms with van der Waals surface area (Å²) in [5, 5.41) is 8.01. The van der Waals surface area contributed by atoms with Crippen molar-refractivity contribution in [2.75, 3.05) is 6.54 Å². The summed E-state index contributed by atoms with van der Waals surface area (Å²) >= 11 is 3.63. The lowest BCUT2D eigenvalue weighted by Crippen LogP contribution is -2.33. The zero-order valence-corrected chi connectivity index (χ0v) is 13.9. The highest BCUT2D eigenvalue weighted by Gasteiger charge is 2.13. The number of aryl methyl sites for hydroxylation is 2. The van der Waals surface area contributed by atoms with Crippen LogP contribution in [0.5, 0.6) is 0 Å². The third-order valence-corrected chi connectivity index (χ3v) is 4.25. The first-order chi connectivity index (χ1) is 9.60. The van der Waals surface area contributed by atoms with Gasteiger partial charge < -0.3 is 5.32 Å². The van der Waals surface area contributed by atoms with Crippen LogP contribution in [0.3, 0.4) is 0 Å². The summed E-state index contributed by atoms with van der Waals surface area (Å²) in [7, 11) is 2.02. The molecule has 0 aliphatic heterocycles. The van der Waals surface area contributed by atoms with E-state index >= 15 is 0 Å². The minimum atomic E-state index is 0.425. The van der Waals surface area contributed by atoms with Crippen LogP contribution in [0, 0.1) is 6.92 Å². The van der Waals surface area contributed by atoms with Gasteiger partial charge in [-0.1, -0.05) is 41.1 Å². The Morgan fingerprint density at radius 3 is 2.65 bits per heavy atom. The molecule has 2 aromatic rings. The van der Waals surface area contributed by atoms with Gasteiger partial charge in [0.15, 0.2) is 0 Å². The lowest BCUT2D eigenvalue weighted by atomic mass is 10.0. The summed E-state index contributed by atoms with van der Waals surface area (Å²) in [5.74, 6) is 0. The van der Waals surface area contributed by atoms with Gasteiger partial charge >= 0.3 is 0 Å². The molecule has 1 heterocycles. The molecule has 108 valence electrons. The quantitative estimate of drug-likeness (QED) is 0.878. The van der Waals surface area contributed by atoms with Crippen LogP contribution in [-0.2, 0) is 19.9 Å². The molecule has 1 atom stereocenters. The second-order valence-electron chi connectivity index (χ2n) is 5.15. The molecule has 0 saturated carbocycles. The predicted octanol–water partition coefficient (Wildman–Crippen LogP) is 3.25. The number of nitrogens with zero attached hydrogens (tertiary/aromatic N) is 2. The van der Waals surface area contributed by atoms with E-state index in [2.05, 4.69) is 63.6 Å². The lowest BCUT2D eigenvalue weighted by Gasteiger charge is -2.18. The molecular formula is C16H22BrN3. The Morgan fingerprint density at radius 2 is 2.05 bits per heavy atom. The number of nitrogens with one attached hydrogen (secondary N) is 1. The van der Waals surface area contributed by atoms with E-state index in [1.165, 1.54) is 15.7 Å².